The second kappa shape index (κ2) is 4.46. The fourth-order valence-corrected chi connectivity index (χ4v) is 1.55. The second-order valence-corrected chi connectivity index (χ2v) is 3.78. The average Bonchev–Trinajstić information content (AvgIpc) is 2.08. The number of hydrogen-bond acceptors (Lipinski definition) is 2. The maximum Gasteiger partial charge on any atom is 0.291 e. The van der Waals surface area contributed by atoms with Crippen LogP contribution in [-0.2, 0) is 0 Å². The molecule has 76 valence electrons. The molecular formula is C10H12BrNO2. The standard InChI is InChI=1S/C10H12BrNO2/c1-6-4-7(2)9(12-10(11)13)8(5-6)14-3/h4-5H,1-3H3,(H,12,13). The molecule has 1 amide bonds. The average molecular weight is 258 g/mol. The van der Waals surface area contributed by atoms with Gasteiger partial charge >= 0.3 is 0 Å². The number of benzene rings is 1. The number of halogens is 1. The van der Waals surface area contributed by atoms with Crippen molar-refractivity contribution in [3.8, 4) is 5.75 Å². The van der Waals surface area contributed by atoms with Crippen LogP contribution in [0.5, 0.6) is 5.75 Å². The molecule has 0 spiro atoms. The van der Waals surface area contributed by atoms with Gasteiger partial charge in [-0.15, -0.1) is 0 Å². The highest BCUT2D eigenvalue weighted by Crippen LogP contribution is 2.29. The van der Waals surface area contributed by atoms with E-state index in [9.17, 15) is 4.79 Å². The number of rotatable bonds is 2. The summed E-state index contributed by atoms with van der Waals surface area (Å²) >= 11 is 2.82. The van der Waals surface area contributed by atoms with Gasteiger partial charge in [-0.2, -0.15) is 0 Å². The van der Waals surface area contributed by atoms with Crippen LogP contribution in [0, 0.1) is 13.8 Å². The molecule has 14 heavy (non-hydrogen) atoms. The largest absolute Gasteiger partial charge is 0.495 e. The summed E-state index contributed by atoms with van der Waals surface area (Å²) in [6.07, 6.45) is 0. The van der Waals surface area contributed by atoms with E-state index in [0.29, 0.717) is 11.4 Å². The highest BCUT2D eigenvalue weighted by molar-refractivity contribution is 9.18. The van der Waals surface area contributed by atoms with Crippen molar-refractivity contribution in [2.75, 3.05) is 12.4 Å². The maximum atomic E-state index is 10.9. The van der Waals surface area contributed by atoms with Crippen LogP contribution in [-0.4, -0.2) is 11.9 Å². The molecule has 1 N–H and O–H groups in total. The quantitative estimate of drug-likeness (QED) is 0.653. The minimum atomic E-state index is -0.275. The number of anilines is 1. The third-order valence-electron chi connectivity index (χ3n) is 1.89. The van der Waals surface area contributed by atoms with Crippen molar-refractivity contribution < 1.29 is 9.53 Å². The Labute approximate surface area is 91.6 Å². The molecule has 3 nitrogen and oxygen atoms in total. The zero-order valence-electron chi connectivity index (χ0n) is 8.35. The molecule has 0 aliphatic carbocycles. The predicted octanol–water partition coefficient (Wildman–Crippen LogP) is 3.24. The second-order valence-electron chi connectivity index (χ2n) is 3.06. The molecule has 0 saturated carbocycles. The molecule has 1 rings (SSSR count). The third-order valence-corrected chi connectivity index (χ3v) is 2.09. The van der Waals surface area contributed by atoms with Crippen molar-refractivity contribution in [3.63, 3.8) is 0 Å². The fraction of sp³-hybridized carbons (Fsp3) is 0.300. The summed E-state index contributed by atoms with van der Waals surface area (Å²) in [6.45, 7) is 3.91. The summed E-state index contributed by atoms with van der Waals surface area (Å²) in [5.74, 6) is 0.676. The number of amides is 1. The summed E-state index contributed by atoms with van der Waals surface area (Å²) in [4.78, 5) is 10.6. The zero-order valence-corrected chi connectivity index (χ0v) is 9.94. The van der Waals surface area contributed by atoms with Gasteiger partial charge in [0.15, 0.2) is 0 Å². The SMILES string of the molecule is COc1cc(C)cc(C)c1NC(=O)Br. The molecule has 0 bridgehead atoms. The van der Waals surface area contributed by atoms with E-state index >= 15 is 0 Å². The van der Waals surface area contributed by atoms with Gasteiger partial charge in [0.05, 0.1) is 12.8 Å². The smallest absolute Gasteiger partial charge is 0.291 e. The van der Waals surface area contributed by atoms with Crippen LogP contribution in [0.2, 0.25) is 0 Å². The number of carbonyl (C=O) groups is 1. The first-order chi connectivity index (χ1) is 6.54. The molecule has 0 fully saturated rings. The molecule has 0 unspecified atom stereocenters. The van der Waals surface area contributed by atoms with E-state index in [-0.39, 0.29) is 4.82 Å². The number of carbonyl (C=O) groups excluding carboxylic acids is 1. The minimum absolute atomic E-state index is 0.275. The van der Waals surface area contributed by atoms with E-state index in [4.69, 9.17) is 4.74 Å². The Balaban J connectivity index is 3.18. The van der Waals surface area contributed by atoms with Crippen LogP contribution >= 0.6 is 15.9 Å². The van der Waals surface area contributed by atoms with Gasteiger partial charge in [-0.3, -0.25) is 4.79 Å². The van der Waals surface area contributed by atoms with Crippen LogP contribution in [0.25, 0.3) is 0 Å². The van der Waals surface area contributed by atoms with Crippen molar-refractivity contribution in [1.82, 2.24) is 0 Å². The molecule has 0 atom stereocenters. The molecule has 0 aliphatic rings. The van der Waals surface area contributed by atoms with Crippen molar-refractivity contribution in [2.24, 2.45) is 0 Å². The Morgan fingerprint density at radius 3 is 2.57 bits per heavy atom. The van der Waals surface area contributed by atoms with E-state index in [1.54, 1.807) is 7.11 Å². The molecule has 0 aromatic heterocycles. The van der Waals surface area contributed by atoms with Gasteiger partial charge in [-0.05, 0) is 31.0 Å². The first kappa shape index (κ1) is 11.0. The Kier molecular flexibility index (Phi) is 3.52. The highest BCUT2D eigenvalue weighted by Gasteiger charge is 2.08. The number of aryl methyl sites for hydroxylation is 2. The van der Waals surface area contributed by atoms with Gasteiger partial charge in [-0.25, -0.2) is 0 Å². The lowest BCUT2D eigenvalue weighted by Gasteiger charge is -2.12. The highest BCUT2D eigenvalue weighted by atomic mass is 79.9. The van der Waals surface area contributed by atoms with E-state index < -0.39 is 0 Å². The number of methoxy groups -OCH3 is 1. The van der Waals surface area contributed by atoms with Gasteiger partial charge in [0.25, 0.3) is 4.82 Å². The molecule has 0 heterocycles. The lowest BCUT2D eigenvalue weighted by atomic mass is 10.1. The van der Waals surface area contributed by atoms with Crippen molar-refractivity contribution in [1.29, 1.82) is 0 Å². The summed E-state index contributed by atoms with van der Waals surface area (Å²) in [5.41, 5.74) is 2.79. The molecule has 0 radical (unpaired) electrons. The Hall–Kier alpha value is -1.03. The number of ether oxygens (including phenoxy) is 1. The van der Waals surface area contributed by atoms with Gasteiger partial charge in [-0.1, -0.05) is 6.07 Å². The van der Waals surface area contributed by atoms with Crippen LogP contribution in [0.1, 0.15) is 11.1 Å². The monoisotopic (exact) mass is 257 g/mol. The first-order valence-corrected chi connectivity index (χ1v) is 4.95. The van der Waals surface area contributed by atoms with Crippen LogP contribution in [0.4, 0.5) is 10.5 Å². The van der Waals surface area contributed by atoms with Gasteiger partial charge in [0, 0.05) is 15.9 Å². The van der Waals surface area contributed by atoms with E-state index in [1.807, 2.05) is 26.0 Å². The van der Waals surface area contributed by atoms with Crippen molar-refractivity contribution >= 4 is 26.4 Å². The van der Waals surface area contributed by atoms with Crippen molar-refractivity contribution in [2.45, 2.75) is 13.8 Å². The first-order valence-electron chi connectivity index (χ1n) is 4.16. The van der Waals surface area contributed by atoms with Crippen molar-refractivity contribution in [3.05, 3.63) is 23.3 Å². The normalized spacial score (nSPS) is 9.71. The predicted molar refractivity (Wildman–Crippen MR) is 60.4 cm³/mol. The topological polar surface area (TPSA) is 38.3 Å². The summed E-state index contributed by atoms with van der Waals surface area (Å²) in [7, 11) is 1.58. The van der Waals surface area contributed by atoms with E-state index in [0.717, 1.165) is 11.1 Å². The Morgan fingerprint density at radius 1 is 1.43 bits per heavy atom. The van der Waals surface area contributed by atoms with Gasteiger partial charge < -0.3 is 10.1 Å². The lowest BCUT2D eigenvalue weighted by Crippen LogP contribution is -2.04. The Bertz CT molecular complexity index is 363. The van der Waals surface area contributed by atoms with Crippen LogP contribution < -0.4 is 10.1 Å². The lowest BCUT2D eigenvalue weighted by molar-refractivity contribution is 0.270. The van der Waals surface area contributed by atoms with Crippen LogP contribution in [0.15, 0.2) is 12.1 Å². The molecular weight excluding hydrogens is 246 g/mol. The van der Waals surface area contributed by atoms with Gasteiger partial charge in [0.1, 0.15) is 5.75 Å². The summed E-state index contributed by atoms with van der Waals surface area (Å²) in [6, 6.07) is 3.87. The molecule has 0 aliphatic heterocycles. The number of nitrogens with one attached hydrogen (secondary N) is 1. The minimum Gasteiger partial charge on any atom is -0.495 e. The molecule has 1 aromatic carbocycles. The van der Waals surface area contributed by atoms with E-state index in [1.165, 1.54) is 0 Å². The summed E-state index contributed by atoms with van der Waals surface area (Å²) < 4.78 is 5.17. The van der Waals surface area contributed by atoms with E-state index in [2.05, 4.69) is 21.2 Å². The maximum absolute atomic E-state index is 10.9. The fourth-order valence-electron chi connectivity index (χ4n) is 1.35. The van der Waals surface area contributed by atoms with Gasteiger partial charge in [0.2, 0.25) is 0 Å². The third kappa shape index (κ3) is 2.48. The Morgan fingerprint density at radius 2 is 2.07 bits per heavy atom. The molecule has 0 saturated heterocycles. The molecule has 1 aromatic rings. The zero-order chi connectivity index (χ0) is 10.7. The number of hydrogen-bond donors (Lipinski definition) is 1. The van der Waals surface area contributed by atoms with Crippen LogP contribution in [0.3, 0.4) is 0 Å². The summed E-state index contributed by atoms with van der Waals surface area (Å²) in [5, 5.41) is 2.67. The molecule has 4 heteroatoms.